The first-order valence-corrected chi connectivity index (χ1v) is 9.56. The summed E-state index contributed by atoms with van der Waals surface area (Å²) in [5, 5.41) is 4.52. The minimum Gasteiger partial charge on any atom is -0.482 e. The second-order valence-electron chi connectivity index (χ2n) is 8.11. The van der Waals surface area contributed by atoms with E-state index in [0.29, 0.717) is 23.3 Å². The van der Waals surface area contributed by atoms with Crippen molar-refractivity contribution < 1.29 is 14.3 Å². The predicted molar refractivity (Wildman–Crippen MR) is 96.9 cm³/mol. The van der Waals surface area contributed by atoms with E-state index in [4.69, 9.17) is 4.74 Å². The van der Waals surface area contributed by atoms with Gasteiger partial charge in [-0.2, -0.15) is 5.10 Å². The third-order valence-corrected chi connectivity index (χ3v) is 6.39. The van der Waals surface area contributed by atoms with Gasteiger partial charge >= 0.3 is 0 Å². The highest BCUT2D eigenvalue weighted by atomic mass is 16.5. The molecule has 1 heterocycles. The molecule has 0 saturated heterocycles. The number of ether oxygens (including phenoxy) is 1. The first kappa shape index (κ1) is 15.9. The average molecular weight is 353 g/mol. The molecule has 26 heavy (non-hydrogen) atoms. The van der Waals surface area contributed by atoms with Crippen molar-refractivity contribution in [1.29, 1.82) is 0 Å². The average Bonchev–Trinajstić information content (AvgIpc) is 2.63. The lowest BCUT2D eigenvalue weighted by molar-refractivity contribution is -0.125. The van der Waals surface area contributed by atoms with Crippen LogP contribution in [-0.2, 0) is 9.59 Å². The van der Waals surface area contributed by atoms with E-state index in [2.05, 4.69) is 10.5 Å². The van der Waals surface area contributed by atoms with Crippen molar-refractivity contribution in [1.82, 2.24) is 5.43 Å². The highest BCUT2D eigenvalue weighted by molar-refractivity contribution is 6.02. The molecular weight excluding hydrogens is 330 g/mol. The second-order valence-corrected chi connectivity index (χ2v) is 8.11. The van der Waals surface area contributed by atoms with Crippen molar-refractivity contribution in [2.45, 2.75) is 32.1 Å². The molecule has 4 aliphatic carbocycles. The SMILES string of the molecule is O=C(CN1C(=O)COc2ccccc21)NN=C1C2CC3CC(C2)CC1C3. The standard InChI is InChI=1S/C20H23N3O3/c24-18(10-23-16-3-1-2-4-17(16)26-11-19(23)25)21-22-20-14-6-12-5-13(8-14)9-15(20)7-12/h1-4,12-15H,5-11H2,(H,21,24). The van der Waals surface area contributed by atoms with Crippen LogP contribution >= 0.6 is 0 Å². The summed E-state index contributed by atoms with van der Waals surface area (Å²) in [5.74, 6) is 3.02. The minimum absolute atomic E-state index is 0.0312. The van der Waals surface area contributed by atoms with E-state index in [0.717, 1.165) is 11.8 Å². The van der Waals surface area contributed by atoms with E-state index < -0.39 is 0 Å². The molecule has 0 aromatic heterocycles. The molecular formula is C20H23N3O3. The molecule has 6 nitrogen and oxygen atoms in total. The summed E-state index contributed by atoms with van der Waals surface area (Å²) in [7, 11) is 0. The zero-order chi connectivity index (χ0) is 17.7. The molecule has 4 saturated carbocycles. The quantitative estimate of drug-likeness (QED) is 0.848. The number of rotatable bonds is 3. The number of amides is 2. The maximum atomic E-state index is 12.4. The minimum atomic E-state index is -0.253. The molecule has 1 aromatic carbocycles. The Morgan fingerprint density at radius 3 is 2.54 bits per heavy atom. The number of carbonyl (C=O) groups excluding carboxylic acids is 2. The van der Waals surface area contributed by atoms with Crippen molar-refractivity contribution in [2.75, 3.05) is 18.1 Å². The van der Waals surface area contributed by atoms with Gasteiger partial charge in [0.05, 0.1) is 5.69 Å². The number of hydrazone groups is 1. The molecule has 1 N–H and O–H groups in total. The van der Waals surface area contributed by atoms with E-state index in [9.17, 15) is 9.59 Å². The lowest BCUT2D eigenvalue weighted by atomic mass is 9.55. The van der Waals surface area contributed by atoms with Crippen molar-refractivity contribution in [3.8, 4) is 5.75 Å². The van der Waals surface area contributed by atoms with Crippen LogP contribution in [0.3, 0.4) is 0 Å². The number of nitrogens with zero attached hydrogens (tertiary/aromatic N) is 2. The summed E-state index contributed by atoms with van der Waals surface area (Å²) < 4.78 is 5.42. The normalized spacial score (nSPS) is 31.5. The summed E-state index contributed by atoms with van der Waals surface area (Å²) in [6, 6.07) is 7.29. The number of anilines is 1. The smallest absolute Gasteiger partial charge is 0.265 e. The maximum Gasteiger partial charge on any atom is 0.265 e. The summed E-state index contributed by atoms with van der Waals surface area (Å²) in [6.45, 7) is -0.0672. The van der Waals surface area contributed by atoms with E-state index in [1.807, 2.05) is 12.1 Å². The number of fused-ring (bicyclic) bond motifs is 1. The number of carbonyl (C=O) groups is 2. The van der Waals surface area contributed by atoms with Crippen molar-refractivity contribution in [2.24, 2.45) is 28.8 Å². The van der Waals surface area contributed by atoms with Gasteiger partial charge in [0, 0.05) is 5.71 Å². The fourth-order valence-electron chi connectivity index (χ4n) is 5.48. The summed E-state index contributed by atoms with van der Waals surface area (Å²) >= 11 is 0. The molecule has 0 radical (unpaired) electrons. The van der Waals surface area contributed by atoms with Crippen LogP contribution in [0, 0.1) is 23.7 Å². The molecule has 136 valence electrons. The largest absolute Gasteiger partial charge is 0.482 e. The zero-order valence-electron chi connectivity index (χ0n) is 14.7. The van der Waals surface area contributed by atoms with Crippen LogP contribution in [0.25, 0.3) is 0 Å². The molecule has 6 rings (SSSR count). The van der Waals surface area contributed by atoms with Crippen molar-refractivity contribution in [3.63, 3.8) is 0 Å². The highest BCUT2D eigenvalue weighted by Gasteiger charge is 2.46. The summed E-state index contributed by atoms with van der Waals surface area (Å²) in [6.07, 6.45) is 6.33. The monoisotopic (exact) mass is 353 g/mol. The Morgan fingerprint density at radius 2 is 1.81 bits per heavy atom. The molecule has 0 atom stereocenters. The number of hydrogen-bond donors (Lipinski definition) is 1. The number of benzene rings is 1. The molecule has 1 aliphatic heterocycles. The van der Waals surface area contributed by atoms with Crippen LogP contribution in [-0.4, -0.2) is 30.7 Å². The van der Waals surface area contributed by atoms with Crippen LogP contribution in [0.4, 0.5) is 5.69 Å². The molecule has 5 aliphatic rings. The molecule has 4 fully saturated rings. The molecule has 0 spiro atoms. The topological polar surface area (TPSA) is 71.0 Å². The van der Waals surface area contributed by atoms with Crippen LogP contribution in [0.1, 0.15) is 32.1 Å². The molecule has 1 aromatic rings. The van der Waals surface area contributed by atoms with Gasteiger partial charge in [-0.1, -0.05) is 12.1 Å². The van der Waals surface area contributed by atoms with Gasteiger partial charge in [-0.3, -0.25) is 14.5 Å². The summed E-state index contributed by atoms with van der Waals surface area (Å²) in [5.41, 5.74) is 4.56. The van der Waals surface area contributed by atoms with Crippen molar-refractivity contribution in [3.05, 3.63) is 24.3 Å². The third kappa shape index (κ3) is 2.68. The van der Waals surface area contributed by atoms with Crippen LogP contribution < -0.4 is 15.1 Å². The number of hydrogen-bond acceptors (Lipinski definition) is 4. The Morgan fingerprint density at radius 1 is 1.12 bits per heavy atom. The Balaban J connectivity index is 1.28. The van der Waals surface area contributed by atoms with Gasteiger partial charge in [0.1, 0.15) is 12.3 Å². The van der Waals surface area contributed by atoms with Crippen LogP contribution in [0.2, 0.25) is 0 Å². The van der Waals surface area contributed by atoms with Crippen molar-refractivity contribution >= 4 is 23.2 Å². The highest BCUT2D eigenvalue weighted by Crippen LogP contribution is 2.52. The maximum absolute atomic E-state index is 12.4. The van der Waals surface area contributed by atoms with Gasteiger partial charge in [-0.05, 0) is 67.9 Å². The fourth-order valence-corrected chi connectivity index (χ4v) is 5.48. The zero-order valence-corrected chi connectivity index (χ0v) is 14.7. The number of nitrogens with one attached hydrogen (secondary N) is 1. The predicted octanol–water partition coefficient (Wildman–Crippen LogP) is 2.34. The van der Waals surface area contributed by atoms with Crippen LogP contribution in [0.5, 0.6) is 5.75 Å². The molecule has 0 unspecified atom stereocenters. The lowest BCUT2D eigenvalue weighted by Gasteiger charge is -2.50. The van der Waals surface area contributed by atoms with Gasteiger partial charge in [-0.15, -0.1) is 0 Å². The molecule has 2 amide bonds. The van der Waals surface area contributed by atoms with E-state index in [1.165, 1.54) is 42.7 Å². The van der Waals surface area contributed by atoms with Crippen LogP contribution in [0.15, 0.2) is 29.4 Å². The first-order chi connectivity index (χ1) is 12.7. The fraction of sp³-hybridized carbons (Fsp3) is 0.550. The van der Waals surface area contributed by atoms with E-state index >= 15 is 0 Å². The first-order valence-electron chi connectivity index (χ1n) is 9.56. The van der Waals surface area contributed by atoms with Gasteiger partial charge < -0.3 is 4.74 Å². The number of para-hydroxylation sites is 2. The van der Waals surface area contributed by atoms with Gasteiger partial charge in [0.15, 0.2) is 6.61 Å². The van der Waals surface area contributed by atoms with Gasteiger partial charge in [0.2, 0.25) is 0 Å². The van der Waals surface area contributed by atoms with Gasteiger partial charge in [0.25, 0.3) is 11.8 Å². The Labute approximate surface area is 152 Å². The summed E-state index contributed by atoms with van der Waals surface area (Å²) in [4.78, 5) is 26.1. The Bertz CT molecular complexity index is 758. The molecule has 4 bridgehead atoms. The third-order valence-electron chi connectivity index (χ3n) is 6.39. The second kappa shape index (κ2) is 6.11. The Hall–Kier alpha value is -2.37. The lowest BCUT2D eigenvalue weighted by Crippen LogP contribution is -2.47. The van der Waals surface area contributed by atoms with Gasteiger partial charge in [-0.25, -0.2) is 5.43 Å². The van der Waals surface area contributed by atoms with E-state index in [-0.39, 0.29) is 25.0 Å². The Kier molecular flexibility index (Phi) is 3.72. The van der Waals surface area contributed by atoms with E-state index in [1.54, 1.807) is 12.1 Å². The molecule has 6 heteroatoms.